The Morgan fingerprint density at radius 2 is 0.886 bits per heavy atom. The summed E-state index contributed by atoms with van der Waals surface area (Å²) in [5.74, 6) is 0. The lowest BCUT2D eigenvalue weighted by molar-refractivity contribution is -0.921. The summed E-state index contributed by atoms with van der Waals surface area (Å²) in [5.41, 5.74) is 5.70. The van der Waals surface area contributed by atoms with Crippen LogP contribution >= 0.6 is 0 Å². The van der Waals surface area contributed by atoms with Crippen molar-refractivity contribution in [1.29, 1.82) is 0 Å². The molecule has 2 heteroatoms. The van der Waals surface area contributed by atoms with E-state index in [1.54, 1.807) is 0 Å². The Kier molecular flexibility index (Phi) is 10.6. The van der Waals surface area contributed by atoms with Crippen LogP contribution in [0.15, 0.2) is 121 Å². The predicted octanol–water partition coefficient (Wildman–Crippen LogP) is 8.89. The molecule has 1 nitrogen and oxygen atoms in total. The minimum Gasteiger partial charge on any atom is -0.325 e. The standard InChI is InChI=1S/C34H29B.C8H20N/c1-2-3-12-28-24-23-27-15-6-9-20-31(27)34(28)35(32-21-10-16-25-13-4-7-18-29(25)32)33-22-11-17-26-14-5-8-19-30(26)33;1-5-9(6-2,7-3)8-4/h4-11,13-24H,2-3,12H2,1H3;5-8H2,1-4H3/q;+1. The summed E-state index contributed by atoms with van der Waals surface area (Å²) >= 11 is 0. The first-order valence-corrected chi connectivity index (χ1v) is 16.9. The lowest BCUT2D eigenvalue weighted by Crippen LogP contribution is -2.54. The highest BCUT2D eigenvalue weighted by molar-refractivity contribution is 6.99. The van der Waals surface area contributed by atoms with Gasteiger partial charge in [0.15, 0.2) is 0 Å². The maximum absolute atomic E-state index is 2.39. The number of unbranched alkanes of at least 4 members (excludes halogenated alkanes) is 1. The molecule has 0 saturated carbocycles. The molecule has 0 heterocycles. The molecule has 0 aromatic heterocycles. The van der Waals surface area contributed by atoms with Gasteiger partial charge in [0, 0.05) is 0 Å². The third-order valence-electron chi connectivity index (χ3n) is 10.1. The topological polar surface area (TPSA) is 0 Å². The molecule has 0 radical (unpaired) electrons. The molecule has 44 heavy (non-hydrogen) atoms. The van der Waals surface area contributed by atoms with Gasteiger partial charge in [0.05, 0.1) is 26.2 Å². The molecule has 0 aliphatic carbocycles. The molecule has 0 N–H and O–H groups in total. The van der Waals surface area contributed by atoms with Gasteiger partial charge in [-0.05, 0) is 72.9 Å². The van der Waals surface area contributed by atoms with Crippen LogP contribution in [0.4, 0.5) is 0 Å². The first-order chi connectivity index (χ1) is 21.6. The van der Waals surface area contributed by atoms with Crippen LogP contribution in [0.5, 0.6) is 0 Å². The van der Waals surface area contributed by atoms with E-state index in [1.807, 2.05) is 0 Å². The Hall–Kier alpha value is -3.88. The minimum atomic E-state index is 0.144. The van der Waals surface area contributed by atoms with E-state index in [2.05, 4.69) is 156 Å². The van der Waals surface area contributed by atoms with E-state index in [-0.39, 0.29) is 6.71 Å². The van der Waals surface area contributed by atoms with Gasteiger partial charge in [-0.15, -0.1) is 0 Å². The minimum absolute atomic E-state index is 0.144. The number of nitrogens with zero attached hydrogens (tertiary/aromatic N) is 1. The maximum atomic E-state index is 2.39. The van der Waals surface area contributed by atoms with Crippen molar-refractivity contribution < 1.29 is 4.48 Å². The van der Waals surface area contributed by atoms with Crippen molar-refractivity contribution in [2.24, 2.45) is 0 Å². The van der Waals surface area contributed by atoms with Crippen molar-refractivity contribution in [3.63, 3.8) is 0 Å². The summed E-state index contributed by atoms with van der Waals surface area (Å²) in [7, 11) is 0. The molecular weight excluding hydrogens is 529 g/mol. The SMILES string of the molecule is CCCCc1ccc2ccccc2c1B(c1cccc2ccccc12)c1cccc2ccccc12.CC[N+](CC)(CC)CC. The second-order valence-electron chi connectivity index (χ2n) is 12.1. The van der Waals surface area contributed by atoms with Crippen molar-refractivity contribution in [3.8, 4) is 0 Å². The number of hydrogen-bond acceptors (Lipinski definition) is 0. The fourth-order valence-corrected chi connectivity index (χ4v) is 7.09. The van der Waals surface area contributed by atoms with Gasteiger partial charge in [-0.1, -0.05) is 157 Å². The van der Waals surface area contributed by atoms with Crippen LogP contribution in [0.3, 0.4) is 0 Å². The fourth-order valence-electron chi connectivity index (χ4n) is 7.09. The molecule has 0 fully saturated rings. The first kappa shape index (κ1) is 31.5. The number of fused-ring (bicyclic) bond motifs is 3. The van der Waals surface area contributed by atoms with Gasteiger partial charge in [-0.25, -0.2) is 0 Å². The molecule has 0 bridgehead atoms. The van der Waals surface area contributed by atoms with Gasteiger partial charge < -0.3 is 4.48 Å². The van der Waals surface area contributed by atoms with Gasteiger partial charge in [-0.2, -0.15) is 0 Å². The Morgan fingerprint density at radius 3 is 1.34 bits per heavy atom. The zero-order chi connectivity index (χ0) is 30.9. The van der Waals surface area contributed by atoms with Crippen LogP contribution in [0.2, 0.25) is 0 Å². The van der Waals surface area contributed by atoms with E-state index in [0.717, 1.165) is 6.42 Å². The second kappa shape index (κ2) is 14.7. The summed E-state index contributed by atoms with van der Waals surface area (Å²) < 4.78 is 1.28. The molecule has 0 saturated heterocycles. The number of rotatable bonds is 10. The average Bonchev–Trinajstić information content (AvgIpc) is 3.09. The van der Waals surface area contributed by atoms with Gasteiger partial charge in [0.25, 0.3) is 0 Å². The van der Waals surface area contributed by atoms with Crippen molar-refractivity contribution in [1.82, 2.24) is 0 Å². The van der Waals surface area contributed by atoms with E-state index in [9.17, 15) is 0 Å². The van der Waals surface area contributed by atoms with E-state index >= 15 is 0 Å². The molecule has 0 unspecified atom stereocenters. The zero-order valence-corrected chi connectivity index (χ0v) is 27.5. The van der Waals surface area contributed by atoms with E-state index in [0.29, 0.717) is 0 Å². The number of hydrogen-bond donors (Lipinski definition) is 0. The van der Waals surface area contributed by atoms with Crippen LogP contribution in [-0.4, -0.2) is 37.4 Å². The van der Waals surface area contributed by atoms with E-state index in [1.165, 1.54) is 97.8 Å². The molecule has 0 atom stereocenters. The maximum Gasteiger partial charge on any atom is 0.243 e. The van der Waals surface area contributed by atoms with Gasteiger partial charge in [0.1, 0.15) is 0 Å². The predicted molar refractivity (Wildman–Crippen MR) is 198 cm³/mol. The van der Waals surface area contributed by atoms with E-state index in [4.69, 9.17) is 0 Å². The smallest absolute Gasteiger partial charge is 0.243 e. The van der Waals surface area contributed by atoms with Crippen LogP contribution in [0.25, 0.3) is 32.3 Å². The van der Waals surface area contributed by atoms with Crippen molar-refractivity contribution in [2.75, 3.05) is 26.2 Å². The lowest BCUT2D eigenvalue weighted by Gasteiger charge is -2.34. The summed E-state index contributed by atoms with van der Waals surface area (Å²) in [5, 5.41) is 7.95. The summed E-state index contributed by atoms with van der Waals surface area (Å²) in [6.07, 6.45) is 3.49. The fraction of sp³-hybridized carbons (Fsp3) is 0.286. The molecule has 0 aliphatic heterocycles. The summed E-state index contributed by atoms with van der Waals surface area (Å²) in [6, 6.07) is 44.9. The summed E-state index contributed by atoms with van der Waals surface area (Å²) in [6.45, 7) is 16.7. The molecule has 6 aromatic rings. The van der Waals surface area contributed by atoms with Gasteiger partial charge in [-0.3, -0.25) is 0 Å². The third kappa shape index (κ3) is 6.47. The second-order valence-corrected chi connectivity index (χ2v) is 12.1. The average molecular weight is 579 g/mol. The van der Waals surface area contributed by atoms with Crippen molar-refractivity contribution in [3.05, 3.63) is 127 Å². The number of benzene rings is 6. The lowest BCUT2D eigenvalue weighted by atomic mass is 9.34. The van der Waals surface area contributed by atoms with E-state index < -0.39 is 0 Å². The molecule has 0 amide bonds. The quantitative estimate of drug-likeness (QED) is 0.113. The van der Waals surface area contributed by atoms with Crippen LogP contribution < -0.4 is 16.4 Å². The largest absolute Gasteiger partial charge is 0.325 e. The molecule has 0 aliphatic rings. The summed E-state index contributed by atoms with van der Waals surface area (Å²) in [4.78, 5) is 0. The molecular formula is C42H49BN+. The Balaban J connectivity index is 0.000000374. The van der Waals surface area contributed by atoms with Crippen LogP contribution in [-0.2, 0) is 6.42 Å². The highest BCUT2D eigenvalue weighted by Gasteiger charge is 2.29. The Morgan fingerprint density at radius 1 is 0.455 bits per heavy atom. The Bertz CT molecular complexity index is 1710. The monoisotopic (exact) mass is 578 g/mol. The third-order valence-corrected chi connectivity index (χ3v) is 10.1. The van der Waals surface area contributed by atoms with Crippen molar-refractivity contribution in [2.45, 2.75) is 53.9 Å². The first-order valence-electron chi connectivity index (χ1n) is 16.9. The van der Waals surface area contributed by atoms with Crippen molar-refractivity contribution >= 4 is 55.4 Å². The highest BCUT2D eigenvalue weighted by atomic mass is 15.3. The molecule has 224 valence electrons. The van der Waals surface area contributed by atoms with Gasteiger partial charge >= 0.3 is 0 Å². The zero-order valence-electron chi connectivity index (χ0n) is 27.5. The Labute approximate surface area is 266 Å². The highest BCUT2D eigenvalue weighted by Crippen LogP contribution is 2.21. The number of quaternary nitrogens is 1. The number of aryl methyl sites for hydroxylation is 1. The van der Waals surface area contributed by atoms with Crippen LogP contribution in [0.1, 0.15) is 53.0 Å². The molecule has 0 spiro atoms. The normalized spacial score (nSPS) is 11.5. The van der Waals surface area contributed by atoms with Crippen LogP contribution in [0, 0.1) is 0 Å². The van der Waals surface area contributed by atoms with Gasteiger partial charge in [0.2, 0.25) is 6.71 Å². The molecule has 6 rings (SSSR count). The molecule has 6 aromatic carbocycles.